The van der Waals surface area contributed by atoms with E-state index < -0.39 is 6.04 Å². The Kier molecular flexibility index (Phi) is 3.91. The molecule has 0 spiro atoms. The number of nitrogens with one attached hydrogen (secondary N) is 1. The van der Waals surface area contributed by atoms with Gasteiger partial charge in [0, 0.05) is 18.2 Å². The molecule has 2 atom stereocenters. The molecule has 3 heterocycles. The van der Waals surface area contributed by atoms with E-state index in [1.165, 1.54) is 0 Å². The highest BCUT2D eigenvalue weighted by molar-refractivity contribution is 5.80. The van der Waals surface area contributed by atoms with Crippen LogP contribution < -0.4 is 0 Å². The second-order valence-corrected chi connectivity index (χ2v) is 7.07. The van der Waals surface area contributed by atoms with Gasteiger partial charge in [-0.05, 0) is 36.3 Å². The van der Waals surface area contributed by atoms with Crippen molar-refractivity contribution in [1.82, 2.24) is 35.3 Å². The van der Waals surface area contributed by atoms with Crippen LogP contribution in [0.25, 0.3) is 0 Å². The molecular weight excluding hydrogens is 294 g/mol. The van der Waals surface area contributed by atoms with Crippen LogP contribution in [0.3, 0.4) is 0 Å². The molecule has 8 heteroatoms. The zero-order chi connectivity index (χ0) is 16.6. The highest BCUT2D eigenvalue weighted by Crippen LogP contribution is 2.33. The summed E-state index contributed by atoms with van der Waals surface area (Å²) in [4.78, 5) is 14.9. The third-order valence-electron chi connectivity index (χ3n) is 4.31. The lowest BCUT2D eigenvalue weighted by atomic mass is 9.95. The maximum absolute atomic E-state index is 13.0. The number of carbonyl (C=O) groups is 1. The van der Waals surface area contributed by atoms with Crippen molar-refractivity contribution in [3.8, 4) is 0 Å². The molecule has 1 saturated heterocycles. The number of rotatable bonds is 3. The van der Waals surface area contributed by atoms with Crippen LogP contribution in [0.5, 0.6) is 0 Å². The van der Waals surface area contributed by atoms with Gasteiger partial charge in [-0.15, -0.1) is 5.10 Å². The Labute approximate surface area is 135 Å². The first-order valence-electron chi connectivity index (χ1n) is 7.97. The summed E-state index contributed by atoms with van der Waals surface area (Å²) in [7, 11) is 0. The molecule has 1 aliphatic heterocycles. The fraction of sp³-hybridized carbons (Fsp3) is 0.667. The van der Waals surface area contributed by atoms with Crippen molar-refractivity contribution in [2.24, 2.45) is 0 Å². The number of amides is 1. The molecule has 124 valence electrons. The molecule has 2 aromatic heterocycles. The first-order valence-corrected chi connectivity index (χ1v) is 7.97. The molecule has 0 bridgehead atoms. The second-order valence-electron chi connectivity index (χ2n) is 7.07. The molecule has 1 aliphatic rings. The van der Waals surface area contributed by atoms with Crippen molar-refractivity contribution >= 4 is 5.91 Å². The fourth-order valence-electron chi connectivity index (χ4n) is 3.10. The highest BCUT2D eigenvalue weighted by atomic mass is 16.2. The molecule has 0 aliphatic carbocycles. The smallest absolute Gasteiger partial charge is 0.247 e. The lowest BCUT2D eigenvalue weighted by Crippen LogP contribution is -2.37. The number of tetrazole rings is 1. The number of nitrogens with zero attached hydrogens (tertiary/aromatic N) is 6. The monoisotopic (exact) mass is 317 g/mol. The fourth-order valence-corrected chi connectivity index (χ4v) is 3.10. The predicted octanol–water partition coefficient (Wildman–Crippen LogP) is 1.62. The Bertz CT molecular complexity index is 670. The molecule has 0 aromatic carbocycles. The molecule has 0 radical (unpaired) electrons. The Hall–Kier alpha value is -2.25. The number of aromatic amines is 1. The standard InChI is InChI=1S/C15H23N7O/c1-10(22-14(15(2,3)4)18-19-20-22)13(23)21-9-5-6-12(21)11-7-8-16-17-11/h7-8,10,12H,5-6,9H2,1-4H3,(H,16,17). The maximum Gasteiger partial charge on any atom is 0.247 e. The average Bonchev–Trinajstić information content (AvgIpc) is 3.23. The van der Waals surface area contributed by atoms with Crippen molar-refractivity contribution in [3.63, 3.8) is 0 Å². The normalized spacial score (nSPS) is 20.0. The van der Waals surface area contributed by atoms with Gasteiger partial charge in [-0.25, -0.2) is 4.68 Å². The first-order chi connectivity index (χ1) is 10.9. The van der Waals surface area contributed by atoms with Gasteiger partial charge in [-0.3, -0.25) is 9.89 Å². The van der Waals surface area contributed by atoms with Crippen LogP contribution in [-0.4, -0.2) is 47.8 Å². The van der Waals surface area contributed by atoms with Crippen molar-refractivity contribution in [2.75, 3.05) is 6.54 Å². The summed E-state index contributed by atoms with van der Waals surface area (Å²) in [6, 6.07) is 1.56. The van der Waals surface area contributed by atoms with Gasteiger partial charge in [0.15, 0.2) is 5.82 Å². The van der Waals surface area contributed by atoms with Gasteiger partial charge >= 0.3 is 0 Å². The van der Waals surface area contributed by atoms with Crippen LogP contribution in [0.2, 0.25) is 0 Å². The minimum Gasteiger partial charge on any atom is -0.332 e. The molecule has 3 rings (SSSR count). The van der Waals surface area contributed by atoms with Gasteiger partial charge in [-0.2, -0.15) is 5.10 Å². The summed E-state index contributed by atoms with van der Waals surface area (Å²) in [6.45, 7) is 8.72. The van der Waals surface area contributed by atoms with Crippen LogP contribution in [-0.2, 0) is 10.2 Å². The molecule has 0 saturated carbocycles. The zero-order valence-corrected chi connectivity index (χ0v) is 14.0. The second kappa shape index (κ2) is 5.75. The van der Waals surface area contributed by atoms with Crippen molar-refractivity contribution in [2.45, 2.75) is 58.0 Å². The summed E-state index contributed by atoms with van der Waals surface area (Å²) < 4.78 is 1.64. The van der Waals surface area contributed by atoms with Gasteiger partial charge in [0.1, 0.15) is 6.04 Å². The van der Waals surface area contributed by atoms with Gasteiger partial charge in [0.05, 0.1) is 11.7 Å². The van der Waals surface area contributed by atoms with Crippen LogP contribution in [0.1, 0.15) is 64.1 Å². The predicted molar refractivity (Wildman–Crippen MR) is 83.5 cm³/mol. The van der Waals surface area contributed by atoms with E-state index in [1.807, 2.05) is 38.7 Å². The van der Waals surface area contributed by atoms with Gasteiger partial charge < -0.3 is 4.90 Å². The molecule has 23 heavy (non-hydrogen) atoms. The number of carbonyl (C=O) groups excluding carboxylic acids is 1. The van der Waals surface area contributed by atoms with Crippen molar-refractivity contribution < 1.29 is 4.79 Å². The van der Waals surface area contributed by atoms with Gasteiger partial charge in [0.2, 0.25) is 5.91 Å². The molecule has 1 amide bonds. The van der Waals surface area contributed by atoms with Gasteiger partial charge in [-0.1, -0.05) is 20.8 Å². The van der Waals surface area contributed by atoms with E-state index >= 15 is 0 Å². The molecular formula is C15H23N7O. The number of aromatic nitrogens is 6. The van der Waals surface area contributed by atoms with E-state index in [2.05, 4.69) is 25.7 Å². The van der Waals surface area contributed by atoms with Crippen molar-refractivity contribution in [1.29, 1.82) is 0 Å². The number of likely N-dealkylation sites (tertiary alicyclic amines) is 1. The summed E-state index contributed by atoms with van der Waals surface area (Å²) in [5, 5.41) is 18.9. The maximum atomic E-state index is 13.0. The third-order valence-corrected chi connectivity index (χ3v) is 4.31. The molecule has 2 aromatic rings. The summed E-state index contributed by atoms with van der Waals surface area (Å²) >= 11 is 0. The Morgan fingerprint density at radius 2 is 2.22 bits per heavy atom. The van der Waals surface area contributed by atoms with E-state index in [4.69, 9.17) is 0 Å². The van der Waals surface area contributed by atoms with E-state index in [-0.39, 0.29) is 17.4 Å². The minimum atomic E-state index is -0.428. The third kappa shape index (κ3) is 2.85. The van der Waals surface area contributed by atoms with Gasteiger partial charge in [0.25, 0.3) is 0 Å². The lowest BCUT2D eigenvalue weighted by Gasteiger charge is -2.28. The van der Waals surface area contributed by atoms with Crippen LogP contribution in [0, 0.1) is 0 Å². The largest absolute Gasteiger partial charge is 0.332 e. The summed E-state index contributed by atoms with van der Waals surface area (Å²) in [5.74, 6) is 0.760. The summed E-state index contributed by atoms with van der Waals surface area (Å²) in [5.41, 5.74) is 0.766. The van der Waals surface area contributed by atoms with E-state index in [9.17, 15) is 4.79 Å². The van der Waals surface area contributed by atoms with E-state index in [1.54, 1.807) is 10.9 Å². The van der Waals surface area contributed by atoms with Crippen molar-refractivity contribution in [3.05, 3.63) is 23.8 Å². The number of hydrogen-bond acceptors (Lipinski definition) is 5. The molecule has 2 unspecified atom stereocenters. The minimum absolute atomic E-state index is 0.0416. The molecule has 1 fully saturated rings. The van der Waals surface area contributed by atoms with Crippen LogP contribution in [0.4, 0.5) is 0 Å². The van der Waals surface area contributed by atoms with Crippen LogP contribution >= 0.6 is 0 Å². The van der Waals surface area contributed by atoms with Crippen LogP contribution in [0.15, 0.2) is 12.3 Å². The first kappa shape index (κ1) is 15.6. The quantitative estimate of drug-likeness (QED) is 0.928. The molecule has 1 N–H and O–H groups in total. The Morgan fingerprint density at radius 3 is 2.87 bits per heavy atom. The SMILES string of the molecule is CC(C(=O)N1CCCC1c1ccn[nH]1)n1nnnc1C(C)(C)C. The molecule has 8 nitrogen and oxygen atoms in total. The number of hydrogen-bond donors (Lipinski definition) is 1. The van der Waals surface area contributed by atoms with E-state index in [0.717, 1.165) is 30.9 Å². The topological polar surface area (TPSA) is 92.6 Å². The lowest BCUT2D eigenvalue weighted by molar-refractivity contribution is -0.135. The highest BCUT2D eigenvalue weighted by Gasteiger charge is 2.36. The average molecular weight is 317 g/mol. The number of H-pyrrole nitrogens is 1. The Balaban J connectivity index is 1.84. The summed E-state index contributed by atoms with van der Waals surface area (Å²) in [6.07, 6.45) is 3.66. The Morgan fingerprint density at radius 1 is 1.43 bits per heavy atom. The van der Waals surface area contributed by atoms with E-state index in [0.29, 0.717) is 0 Å². The zero-order valence-electron chi connectivity index (χ0n) is 14.0.